The van der Waals surface area contributed by atoms with Crippen molar-refractivity contribution in [3.05, 3.63) is 47.5 Å². The fourth-order valence-electron chi connectivity index (χ4n) is 2.62. The molecule has 0 fully saturated rings. The second-order valence-corrected chi connectivity index (χ2v) is 6.64. The van der Waals surface area contributed by atoms with E-state index in [0.717, 1.165) is 11.1 Å². The molecule has 160 valence electrons. The van der Waals surface area contributed by atoms with Crippen molar-refractivity contribution in [2.75, 3.05) is 31.5 Å². The topological polar surface area (TPSA) is 103 Å². The molecule has 8 heteroatoms. The first-order valence-corrected chi connectivity index (χ1v) is 9.37. The van der Waals surface area contributed by atoms with Gasteiger partial charge < -0.3 is 24.8 Å². The van der Waals surface area contributed by atoms with Gasteiger partial charge in [-0.05, 0) is 43.2 Å². The number of rotatable bonds is 9. The molecule has 8 nitrogen and oxygen atoms in total. The van der Waals surface area contributed by atoms with E-state index in [4.69, 9.17) is 14.2 Å². The van der Waals surface area contributed by atoms with Crippen LogP contribution in [-0.4, -0.2) is 38.6 Å². The number of hydrogen-bond donors (Lipinski definition) is 2. The summed E-state index contributed by atoms with van der Waals surface area (Å²) in [6.07, 6.45) is -0.177. The van der Waals surface area contributed by atoms with Crippen LogP contribution in [0.25, 0.3) is 0 Å². The molecular weight excluding hydrogens is 388 g/mol. The third kappa shape index (κ3) is 6.80. The van der Waals surface area contributed by atoms with Gasteiger partial charge in [-0.15, -0.1) is 0 Å². The monoisotopic (exact) mass is 414 g/mol. The van der Waals surface area contributed by atoms with Crippen LogP contribution in [0.2, 0.25) is 0 Å². The zero-order valence-corrected chi connectivity index (χ0v) is 17.5. The van der Waals surface area contributed by atoms with Crippen molar-refractivity contribution in [1.29, 1.82) is 0 Å². The van der Waals surface area contributed by atoms with Crippen LogP contribution >= 0.6 is 0 Å². The number of benzene rings is 2. The van der Waals surface area contributed by atoms with Gasteiger partial charge in [0.15, 0.2) is 6.61 Å². The van der Waals surface area contributed by atoms with Crippen molar-refractivity contribution in [2.24, 2.45) is 0 Å². The Hall–Kier alpha value is -3.55. The lowest BCUT2D eigenvalue weighted by molar-refractivity contribution is -0.147. The van der Waals surface area contributed by atoms with E-state index in [0.29, 0.717) is 22.9 Å². The molecule has 0 radical (unpaired) electrons. The summed E-state index contributed by atoms with van der Waals surface area (Å²) in [5, 5.41) is 5.38. The van der Waals surface area contributed by atoms with E-state index in [9.17, 15) is 14.4 Å². The predicted octanol–water partition coefficient (Wildman–Crippen LogP) is 3.22. The molecule has 0 aliphatic rings. The van der Waals surface area contributed by atoms with Crippen LogP contribution in [0, 0.1) is 13.8 Å². The third-order valence-electron chi connectivity index (χ3n) is 4.27. The summed E-state index contributed by atoms with van der Waals surface area (Å²) in [6.45, 7) is 3.34. The van der Waals surface area contributed by atoms with Gasteiger partial charge in [0.1, 0.15) is 11.5 Å². The summed E-state index contributed by atoms with van der Waals surface area (Å²) in [5.41, 5.74) is 3.06. The van der Waals surface area contributed by atoms with E-state index in [-0.39, 0.29) is 18.7 Å². The highest BCUT2D eigenvalue weighted by molar-refractivity contribution is 5.95. The van der Waals surface area contributed by atoms with Crippen molar-refractivity contribution in [2.45, 2.75) is 26.7 Å². The first kappa shape index (κ1) is 22.7. The smallest absolute Gasteiger partial charge is 0.306 e. The summed E-state index contributed by atoms with van der Waals surface area (Å²) in [6, 6.07) is 10.7. The van der Waals surface area contributed by atoms with Gasteiger partial charge in [-0.3, -0.25) is 14.4 Å². The van der Waals surface area contributed by atoms with Gasteiger partial charge in [0.25, 0.3) is 5.91 Å². The first-order valence-electron chi connectivity index (χ1n) is 9.37. The molecule has 2 rings (SSSR count). The second-order valence-electron chi connectivity index (χ2n) is 6.64. The number of esters is 1. The Morgan fingerprint density at radius 3 is 2.27 bits per heavy atom. The fourth-order valence-corrected chi connectivity index (χ4v) is 2.62. The summed E-state index contributed by atoms with van der Waals surface area (Å²) in [7, 11) is 2.98. The van der Waals surface area contributed by atoms with Crippen molar-refractivity contribution in [3.8, 4) is 11.5 Å². The van der Waals surface area contributed by atoms with Crippen LogP contribution in [0.3, 0.4) is 0 Å². The van der Waals surface area contributed by atoms with Crippen LogP contribution in [0.5, 0.6) is 11.5 Å². The molecule has 0 aromatic heterocycles. The first-order chi connectivity index (χ1) is 14.3. The molecule has 2 amide bonds. The number of nitrogens with one attached hydrogen (secondary N) is 2. The summed E-state index contributed by atoms with van der Waals surface area (Å²) < 4.78 is 15.2. The Morgan fingerprint density at radius 1 is 0.833 bits per heavy atom. The number of aryl methyl sites for hydroxylation is 2. The molecule has 0 saturated carbocycles. The zero-order chi connectivity index (χ0) is 22.1. The van der Waals surface area contributed by atoms with Gasteiger partial charge in [0.05, 0.1) is 26.3 Å². The van der Waals surface area contributed by atoms with Crippen LogP contribution in [-0.2, 0) is 19.1 Å². The quantitative estimate of drug-likeness (QED) is 0.611. The highest BCUT2D eigenvalue weighted by Crippen LogP contribution is 2.28. The Kier molecular flexibility index (Phi) is 8.22. The molecule has 0 atom stereocenters. The molecule has 0 aliphatic carbocycles. The number of carbonyl (C=O) groups excluding carboxylic acids is 3. The van der Waals surface area contributed by atoms with Crippen LogP contribution in [0.1, 0.15) is 24.0 Å². The van der Waals surface area contributed by atoms with E-state index in [1.165, 1.54) is 14.2 Å². The summed E-state index contributed by atoms with van der Waals surface area (Å²) in [5.74, 6) is -0.489. The Bertz CT molecular complexity index is 926. The van der Waals surface area contributed by atoms with Gasteiger partial charge in [-0.2, -0.15) is 0 Å². The Balaban J connectivity index is 1.78. The van der Waals surface area contributed by atoms with Gasteiger partial charge in [-0.25, -0.2) is 0 Å². The number of carbonyl (C=O) groups is 3. The van der Waals surface area contributed by atoms with Gasteiger partial charge in [0.2, 0.25) is 5.91 Å². The van der Waals surface area contributed by atoms with Gasteiger partial charge in [-0.1, -0.05) is 12.1 Å². The van der Waals surface area contributed by atoms with E-state index < -0.39 is 18.5 Å². The highest BCUT2D eigenvalue weighted by Gasteiger charge is 2.13. The summed E-state index contributed by atoms with van der Waals surface area (Å²) in [4.78, 5) is 36.0. The number of methoxy groups -OCH3 is 2. The van der Waals surface area contributed by atoms with Crippen LogP contribution < -0.4 is 20.1 Å². The van der Waals surface area contributed by atoms with Gasteiger partial charge >= 0.3 is 5.97 Å². The lowest BCUT2D eigenvalue weighted by atomic mass is 10.1. The van der Waals surface area contributed by atoms with E-state index >= 15 is 0 Å². The molecule has 2 aromatic rings. The van der Waals surface area contributed by atoms with Gasteiger partial charge in [0, 0.05) is 18.2 Å². The molecule has 0 bridgehead atoms. The van der Waals surface area contributed by atoms with Crippen molar-refractivity contribution < 1.29 is 28.6 Å². The number of hydrogen-bond acceptors (Lipinski definition) is 6. The van der Waals surface area contributed by atoms with E-state index in [1.54, 1.807) is 18.2 Å². The maximum absolute atomic E-state index is 12.1. The van der Waals surface area contributed by atoms with Crippen molar-refractivity contribution in [1.82, 2.24) is 0 Å². The standard InChI is InChI=1S/C22H26N2O6/c1-14-5-6-15(2)17(11-14)23-20(25)9-10-22(27)30-13-21(26)24-18-12-16(28-3)7-8-19(18)29-4/h5-8,11-12H,9-10,13H2,1-4H3,(H,23,25)(H,24,26). The lowest BCUT2D eigenvalue weighted by Crippen LogP contribution is -2.22. The normalized spacial score (nSPS) is 10.1. The Labute approximate surface area is 175 Å². The largest absolute Gasteiger partial charge is 0.497 e. The minimum Gasteiger partial charge on any atom is -0.497 e. The molecule has 2 aromatic carbocycles. The average molecular weight is 414 g/mol. The molecule has 0 aliphatic heterocycles. The van der Waals surface area contributed by atoms with Crippen LogP contribution in [0.15, 0.2) is 36.4 Å². The number of amides is 2. The minimum absolute atomic E-state index is 0.0441. The van der Waals surface area contributed by atoms with Crippen molar-refractivity contribution in [3.63, 3.8) is 0 Å². The maximum atomic E-state index is 12.1. The molecule has 2 N–H and O–H groups in total. The number of anilines is 2. The second kappa shape index (κ2) is 10.8. The molecule has 0 spiro atoms. The van der Waals surface area contributed by atoms with Crippen LogP contribution in [0.4, 0.5) is 11.4 Å². The lowest BCUT2D eigenvalue weighted by Gasteiger charge is -2.12. The minimum atomic E-state index is -0.640. The average Bonchev–Trinajstić information content (AvgIpc) is 2.73. The van der Waals surface area contributed by atoms with E-state index in [1.807, 2.05) is 32.0 Å². The summed E-state index contributed by atoms with van der Waals surface area (Å²) >= 11 is 0. The molecule has 0 unspecified atom stereocenters. The molecule has 0 heterocycles. The van der Waals surface area contributed by atoms with Crippen molar-refractivity contribution >= 4 is 29.2 Å². The van der Waals surface area contributed by atoms with E-state index in [2.05, 4.69) is 10.6 Å². The number of ether oxygens (including phenoxy) is 3. The maximum Gasteiger partial charge on any atom is 0.306 e. The zero-order valence-electron chi connectivity index (χ0n) is 17.5. The molecular formula is C22H26N2O6. The highest BCUT2D eigenvalue weighted by atomic mass is 16.5. The molecule has 0 saturated heterocycles. The Morgan fingerprint density at radius 2 is 1.57 bits per heavy atom. The SMILES string of the molecule is COc1ccc(OC)c(NC(=O)COC(=O)CCC(=O)Nc2cc(C)ccc2C)c1. The predicted molar refractivity (Wildman–Crippen MR) is 113 cm³/mol. The fraction of sp³-hybridized carbons (Fsp3) is 0.318. The third-order valence-corrected chi connectivity index (χ3v) is 4.27. The molecule has 30 heavy (non-hydrogen) atoms.